The summed E-state index contributed by atoms with van der Waals surface area (Å²) in [5.74, 6) is 1.16. The molecule has 2 rings (SSSR count). The van der Waals surface area contributed by atoms with Crippen molar-refractivity contribution < 1.29 is 9.53 Å². The molecule has 1 aliphatic rings. The number of rotatable bonds is 4. The van der Waals surface area contributed by atoms with Gasteiger partial charge in [-0.05, 0) is 25.0 Å². The quantitative estimate of drug-likeness (QED) is 0.828. The second-order valence-corrected chi connectivity index (χ2v) is 4.79. The van der Waals surface area contributed by atoms with E-state index in [0.717, 1.165) is 25.1 Å². The Labute approximate surface area is 108 Å². The van der Waals surface area contributed by atoms with Crippen molar-refractivity contribution >= 4 is 11.6 Å². The van der Waals surface area contributed by atoms with Crippen LogP contribution in [-0.2, 0) is 4.79 Å². The van der Waals surface area contributed by atoms with Crippen LogP contribution in [-0.4, -0.2) is 30.5 Å². The third kappa shape index (κ3) is 3.15. The van der Waals surface area contributed by atoms with E-state index in [0.29, 0.717) is 18.8 Å². The van der Waals surface area contributed by atoms with Gasteiger partial charge in [-0.25, -0.2) is 0 Å². The maximum Gasteiger partial charge on any atom is 0.225 e. The van der Waals surface area contributed by atoms with Crippen molar-refractivity contribution in [1.82, 2.24) is 4.90 Å². The maximum absolute atomic E-state index is 11.9. The molecule has 0 spiro atoms. The number of benzene rings is 1. The Morgan fingerprint density at radius 3 is 3.11 bits per heavy atom. The molecule has 98 valence electrons. The lowest BCUT2D eigenvalue weighted by molar-refractivity contribution is -0.138. The van der Waals surface area contributed by atoms with E-state index in [2.05, 4.69) is 0 Å². The highest BCUT2D eigenvalue weighted by Crippen LogP contribution is 2.18. The van der Waals surface area contributed by atoms with Crippen LogP contribution < -0.4 is 10.5 Å². The van der Waals surface area contributed by atoms with Crippen LogP contribution in [0.15, 0.2) is 24.3 Å². The number of carbonyl (C=O) groups is 1. The second kappa shape index (κ2) is 5.76. The number of nitrogen functional groups attached to an aromatic ring is 1. The van der Waals surface area contributed by atoms with Crippen LogP contribution in [0, 0.1) is 5.92 Å². The van der Waals surface area contributed by atoms with E-state index in [4.69, 9.17) is 10.5 Å². The zero-order valence-corrected chi connectivity index (χ0v) is 10.8. The number of likely N-dealkylation sites (tertiary alicyclic amines) is 1. The van der Waals surface area contributed by atoms with Gasteiger partial charge in [-0.15, -0.1) is 0 Å². The van der Waals surface area contributed by atoms with Gasteiger partial charge < -0.3 is 15.4 Å². The van der Waals surface area contributed by atoms with Gasteiger partial charge >= 0.3 is 0 Å². The molecule has 1 heterocycles. The topological polar surface area (TPSA) is 55.6 Å². The number of carbonyl (C=O) groups excluding carboxylic acids is 1. The number of anilines is 1. The van der Waals surface area contributed by atoms with Gasteiger partial charge in [0.25, 0.3) is 0 Å². The first kappa shape index (κ1) is 12.7. The van der Waals surface area contributed by atoms with Crippen LogP contribution in [0.4, 0.5) is 5.69 Å². The first-order chi connectivity index (χ1) is 8.66. The van der Waals surface area contributed by atoms with E-state index >= 15 is 0 Å². The van der Waals surface area contributed by atoms with Crippen LogP contribution in [0.3, 0.4) is 0 Å². The maximum atomic E-state index is 11.9. The third-order valence-electron chi connectivity index (χ3n) is 3.29. The van der Waals surface area contributed by atoms with Gasteiger partial charge in [-0.3, -0.25) is 4.79 Å². The van der Waals surface area contributed by atoms with E-state index < -0.39 is 0 Å². The molecular formula is C14H20N2O2. The summed E-state index contributed by atoms with van der Waals surface area (Å²) in [7, 11) is 0. The molecule has 1 atom stereocenters. The standard InChI is InChI=1S/C14H20N2O2/c1-11-4-3-7-16(14(11)17)8-9-18-13-6-2-5-12(15)10-13/h2,5-6,10-11H,3-4,7-9,15H2,1H3. The summed E-state index contributed by atoms with van der Waals surface area (Å²) >= 11 is 0. The lowest BCUT2D eigenvalue weighted by Crippen LogP contribution is -2.42. The van der Waals surface area contributed by atoms with Gasteiger partial charge in [0.2, 0.25) is 5.91 Å². The summed E-state index contributed by atoms with van der Waals surface area (Å²) in [6.45, 7) is 4.01. The average molecular weight is 248 g/mol. The molecule has 1 aromatic rings. The van der Waals surface area contributed by atoms with Gasteiger partial charge in [-0.1, -0.05) is 13.0 Å². The molecule has 0 saturated carbocycles. The number of piperidine rings is 1. The number of nitrogens with two attached hydrogens (primary N) is 1. The zero-order chi connectivity index (χ0) is 13.0. The molecular weight excluding hydrogens is 228 g/mol. The average Bonchev–Trinajstić information content (AvgIpc) is 2.35. The van der Waals surface area contributed by atoms with Crippen LogP contribution in [0.1, 0.15) is 19.8 Å². The molecule has 1 amide bonds. The normalized spacial score (nSPS) is 19.9. The van der Waals surface area contributed by atoms with Crippen molar-refractivity contribution in [2.45, 2.75) is 19.8 Å². The molecule has 0 aliphatic carbocycles. The van der Waals surface area contributed by atoms with Crippen molar-refractivity contribution in [3.63, 3.8) is 0 Å². The van der Waals surface area contributed by atoms with Gasteiger partial charge in [-0.2, -0.15) is 0 Å². The lowest BCUT2D eigenvalue weighted by Gasteiger charge is -2.30. The predicted molar refractivity (Wildman–Crippen MR) is 71.3 cm³/mol. The molecule has 1 aromatic carbocycles. The molecule has 0 aromatic heterocycles. The minimum atomic E-state index is 0.158. The predicted octanol–water partition coefficient (Wildman–Crippen LogP) is 1.91. The summed E-state index contributed by atoms with van der Waals surface area (Å²) in [4.78, 5) is 13.8. The summed E-state index contributed by atoms with van der Waals surface area (Å²) in [5.41, 5.74) is 6.36. The highest BCUT2D eigenvalue weighted by molar-refractivity contribution is 5.79. The van der Waals surface area contributed by atoms with Crippen LogP contribution in [0.2, 0.25) is 0 Å². The molecule has 1 unspecified atom stereocenters. The number of nitrogens with zero attached hydrogens (tertiary/aromatic N) is 1. The van der Waals surface area contributed by atoms with Gasteiger partial charge in [0.15, 0.2) is 0 Å². The molecule has 0 radical (unpaired) electrons. The molecule has 4 heteroatoms. The van der Waals surface area contributed by atoms with Crippen molar-refractivity contribution in [3.8, 4) is 5.75 Å². The van der Waals surface area contributed by atoms with Crippen molar-refractivity contribution in [2.75, 3.05) is 25.4 Å². The fraction of sp³-hybridized carbons (Fsp3) is 0.500. The molecule has 1 aliphatic heterocycles. The summed E-state index contributed by atoms with van der Waals surface area (Å²) in [5, 5.41) is 0. The molecule has 1 saturated heterocycles. The van der Waals surface area contributed by atoms with Crippen molar-refractivity contribution in [1.29, 1.82) is 0 Å². The largest absolute Gasteiger partial charge is 0.492 e. The number of amides is 1. The van der Waals surface area contributed by atoms with Crippen molar-refractivity contribution in [3.05, 3.63) is 24.3 Å². The van der Waals surface area contributed by atoms with E-state index in [1.807, 2.05) is 30.0 Å². The van der Waals surface area contributed by atoms with E-state index in [1.54, 1.807) is 6.07 Å². The molecule has 1 fully saturated rings. The van der Waals surface area contributed by atoms with Gasteiger partial charge in [0.05, 0.1) is 6.54 Å². The number of hydrogen-bond donors (Lipinski definition) is 1. The molecule has 18 heavy (non-hydrogen) atoms. The van der Waals surface area contributed by atoms with E-state index in [-0.39, 0.29) is 11.8 Å². The Balaban J connectivity index is 1.80. The van der Waals surface area contributed by atoms with Crippen LogP contribution in [0.5, 0.6) is 5.75 Å². The number of hydrogen-bond acceptors (Lipinski definition) is 3. The first-order valence-electron chi connectivity index (χ1n) is 6.44. The first-order valence-corrected chi connectivity index (χ1v) is 6.44. The second-order valence-electron chi connectivity index (χ2n) is 4.79. The molecule has 2 N–H and O–H groups in total. The highest BCUT2D eigenvalue weighted by Gasteiger charge is 2.24. The fourth-order valence-corrected chi connectivity index (χ4v) is 2.23. The third-order valence-corrected chi connectivity index (χ3v) is 3.29. The monoisotopic (exact) mass is 248 g/mol. The van der Waals surface area contributed by atoms with Crippen LogP contribution >= 0.6 is 0 Å². The summed E-state index contributed by atoms with van der Waals surface area (Å²) in [6.07, 6.45) is 2.09. The smallest absolute Gasteiger partial charge is 0.225 e. The van der Waals surface area contributed by atoms with Gasteiger partial charge in [0, 0.05) is 24.2 Å². The molecule has 4 nitrogen and oxygen atoms in total. The van der Waals surface area contributed by atoms with E-state index in [9.17, 15) is 4.79 Å². The van der Waals surface area contributed by atoms with E-state index in [1.165, 1.54) is 0 Å². The summed E-state index contributed by atoms with van der Waals surface area (Å²) < 4.78 is 5.60. The Bertz CT molecular complexity index is 420. The number of ether oxygens (including phenoxy) is 1. The SMILES string of the molecule is CC1CCCN(CCOc2cccc(N)c2)C1=O. The summed E-state index contributed by atoms with van der Waals surface area (Å²) in [6, 6.07) is 7.35. The minimum Gasteiger partial charge on any atom is -0.492 e. The zero-order valence-electron chi connectivity index (χ0n) is 10.8. The molecule has 0 bridgehead atoms. The van der Waals surface area contributed by atoms with Crippen LogP contribution in [0.25, 0.3) is 0 Å². The lowest BCUT2D eigenvalue weighted by atomic mass is 9.99. The fourth-order valence-electron chi connectivity index (χ4n) is 2.23. The highest BCUT2D eigenvalue weighted by atomic mass is 16.5. The Morgan fingerprint density at radius 1 is 1.50 bits per heavy atom. The Morgan fingerprint density at radius 2 is 2.33 bits per heavy atom. The minimum absolute atomic E-state index is 0.158. The van der Waals surface area contributed by atoms with Crippen molar-refractivity contribution in [2.24, 2.45) is 5.92 Å². The Hall–Kier alpha value is -1.71. The Kier molecular flexibility index (Phi) is 4.07. The van der Waals surface area contributed by atoms with Gasteiger partial charge in [0.1, 0.15) is 12.4 Å².